The van der Waals surface area contributed by atoms with Gasteiger partial charge in [0.15, 0.2) is 5.03 Å². The molecule has 0 aliphatic carbocycles. The number of benzene rings is 1. The molecule has 1 N–H and O–H groups in total. The molecule has 4 rings (SSSR count). The lowest BCUT2D eigenvalue weighted by atomic mass is 9.92. The van der Waals surface area contributed by atoms with Crippen molar-refractivity contribution in [2.24, 2.45) is 13.0 Å². The topological polar surface area (TPSA) is 102 Å². The lowest BCUT2D eigenvalue weighted by Gasteiger charge is -2.29. The SMILES string of the molecule is Cc1cccc(-n2nc(C(C)(C)C)cc2NC(=O)C2CCN(S(=O)(=O)c3cn(C)c(C)n3)CC2)c1. The van der Waals surface area contributed by atoms with Crippen LogP contribution >= 0.6 is 0 Å². The molecule has 0 atom stereocenters. The number of carbonyl (C=O) groups excluding carboxylic acids is 1. The van der Waals surface area contributed by atoms with Crippen LogP contribution in [0.4, 0.5) is 5.82 Å². The standard InChI is InChI=1S/C25H34N6O3S/c1-17-8-7-9-20(14-17)31-22(15-21(28-31)25(3,4)5)27-24(32)19-10-12-30(13-11-19)35(33,34)23-16-29(6)18(2)26-23/h7-9,14-16,19H,10-13H2,1-6H3,(H,27,32). The van der Waals surface area contributed by atoms with Crippen molar-refractivity contribution in [3.63, 3.8) is 0 Å². The molecule has 1 aliphatic rings. The zero-order valence-electron chi connectivity index (χ0n) is 21.2. The van der Waals surface area contributed by atoms with Gasteiger partial charge in [0.25, 0.3) is 10.0 Å². The molecule has 1 aliphatic heterocycles. The number of piperidine rings is 1. The molecule has 3 aromatic rings. The van der Waals surface area contributed by atoms with Crippen molar-refractivity contribution in [2.75, 3.05) is 18.4 Å². The Morgan fingerprint density at radius 2 is 1.80 bits per heavy atom. The Labute approximate surface area is 207 Å². The second-order valence-corrected chi connectivity index (χ2v) is 12.2. The van der Waals surface area contributed by atoms with E-state index in [1.807, 2.05) is 37.3 Å². The average molecular weight is 499 g/mol. The summed E-state index contributed by atoms with van der Waals surface area (Å²) in [5, 5.41) is 7.90. The number of anilines is 1. The molecule has 1 fully saturated rings. The largest absolute Gasteiger partial charge is 0.337 e. The van der Waals surface area contributed by atoms with Crippen LogP contribution in [0.1, 0.15) is 50.7 Å². The Bertz CT molecular complexity index is 1320. The van der Waals surface area contributed by atoms with E-state index < -0.39 is 10.0 Å². The van der Waals surface area contributed by atoms with E-state index in [0.29, 0.717) is 24.5 Å². The highest BCUT2D eigenvalue weighted by Gasteiger charge is 2.34. The summed E-state index contributed by atoms with van der Waals surface area (Å²) in [7, 11) is -1.91. The van der Waals surface area contributed by atoms with Crippen LogP contribution in [0.2, 0.25) is 0 Å². The summed E-state index contributed by atoms with van der Waals surface area (Å²) >= 11 is 0. The summed E-state index contributed by atoms with van der Waals surface area (Å²) in [6.07, 6.45) is 2.42. The van der Waals surface area contributed by atoms with Gasteiger partial charge in [0, 0.05) is 43.7 Å². The Hall–Kier alpha value is -2.98. The number of aryl methyl sites for hydroxylation is 3. The zero-order chi connectivity index (χ0) is 25.5. The van der Waals surface area contributed by atoms with Crippen LogP contribution in [0.5, 0.6) is 0 Å². The van der Waals surface area contributed by atoms with Crippen molar-refractivity contribution >= 4 is 21.7 Å². The van der Waals surface area contributed by atoms with Crippen LogP contribution in [-0.2, 0) is 27.3 Å². The molecule has 1 amide bonds. The fourth-order valence-corrected chi connectivity index (χ4v) is 5.66. The highest BCUT2D eigenvalue weighted by molar-refractivity contribution is 7.89. The van der Waals surface area contributed by atoms with Crippen LogP contribution in [0.25, 0.3) is 5.69 Å². The quantitative estimate of drug-likeness (QED) is 0.580. The first-order chi connectivity index (χ1) is 16.4. The first kappa shape index (κ1) is 25.1. The molecule has 35 heavy (non-hydrogen) atoms. The maximum absolute atomic E-state index is 13.2. The number of hydrogen-bond acceptors (Lipinski definition) is 5. The van der Waals surface area contributed by atoms with Crippen LogP contribution in [-0.4, -0.2) is 51.1 Å². The first-order valence-electron chi connectivity index (χ1n) is 11.8. The minimum absolute atomic E-state index is 0.0529. The lowest BCUT2D eigenvalue weighted by molar-refractivity contribution is -0.120. The fraction of sp³-hybridized carbons (Fsp3) is 0.480. The summed E-state index contributed by atoms with van der Waals surface area (Å²) in [6, 6.07) is 9.89. The molecule has 2 aromatic heterocycles. The maximum Gasteiger partial charge on any atom is 0.262 e. The summed E-state index contributed by atoms with van der Waals surface area (Å²) in [6.45, 7) is 10.6. The highest BCUT2D eigenvalue weighted by atomic mass is 32.2. The maximum atomic E-state index is 13.2. The minimum atomic E-state index is -3.68. The van der Waals surface area contributed by atoms with Gasteiger partial charge in [-0.05, 0) is 44.4 Å². The van der Waals surface area contributed by atoms with Crippen LogP contribution < -0.4 is 5.32 Å². The second-order valence-electron chi connectivity index (χ2n) is 10.3. The van der Waals surface area contributed by atoms with Gasteiger partial charge >= 0.3 is 0 Å². The number of nitrogens with zero attached hydrogens (tertiary/aromatic N) is 5. The molecule has 1 aromatic carbocycles. The predicted octanol–water partition coefficient (Wildman–Crippen LogP) is 3.56. The molecule has 0 saturated carbocycles. The Morgan fingerprint density at radius 1 is 1.11 bits per heavy atom. The normalized spacial score (nSPS) is 15.9. The third kappa shape index (κ3) is 5.18. The molecule has 0 spiro atoms. The Balaban J connectivity index is 1.49. The summed E-state index contributed by atoms with van der Waals surface area (Å²) < 4.78 is 30.9. The van der Waals surface area contributed by atoms with Gasteiger partial charge in [-0.1, -0.05) is 32.9 Å². The second kappa shape index (κ2) is 9.23. The number of carbonyl (C=O) groups is 1. The van der Waals surface area contributed by atoms with Gasteiger partial charge in [0.05, 0.1) is 11.4 Å². The monoisotopic (exact) mass is 498 g/mol. The van der Waals surface area contributed by atoms with Gasteiger partial charge in [-0.3, -0.25) is 4.79 Å². The van der Waals surface area contributed by atoms with Gasteiger partial charge in [0.2, 0.25) is 5.91 Å². The van der Waals surface area contributed by atoms with Crippen LogP contribution in [0, 0.1) is 19.8 Å². The lowest BCUT2D eigenvalue weighted by Crippen LogP contribution is -2.41. The average Bonchev–Trinajstić information content (AvgIpc) is 3.37. The number of aromatic nitrogens is 4. The van der Waals surface area contributed by atoms with Gasteiger partial charge in [0.1, 0.15) is 11.6 Å². The van der Waals surface area contributed by atoms with Crippen molar-refractivity contribution in [2.45, 2.75) is 57.9 Å². The smallest absolute Gasteiger partial charge is 0.262 e. The molecule has 10 heteroatoms. The molecule has 188 valence electrons. The molecule has 3 heterocycles. The van der Waals surface area contributed by atoms with Crippen molar-refractivity contribution < 1.29 is 13.2 Å². The number of imidazole rings is 1. The molecule has 0 radical (unpaired) electrons. The van der Waals surface area contributed by atoms with E-state index in [1.165, 1.54) is 10.5 Å². The van der Waals surface area contributed by atoms with Crippen molar-refractivity contribution in [1.29, 1.82) is 0 Å². The van der Waals surface area contributed by atoms with Gasteiger partial charge in [-0.15, -0.1) is 0 Å². The molecule has 0 bridgehead atoms. The molecule has 1 saturated heterocycles. The Kier molecular flexibility index (Phi) is 6.63. The van der Waals surface area contributed by atoms with E-state index >= 15 is 0 Å². The fourth-order valence-electron chi connectivity index (χ4n) is 4.16. The van der Waals surface area contributed by atoms with Crippen molar-refractivity contribution in [1.82, 2.24) is 23.6 Å². The number of amides is 1. The van der Waals surface area contributed by atoms with Crippen LogP contribution in [0.15, 0.2) is 41.6 Å². The van der Waals surface area contributed by atoms with Gasteiger partial charge in [-0.25, -0.2) is 18.1 Å². The Morgan fingerprint density at radius 3 is 2.37 bits per heavy atom. The number of sulfonamides is 1. The summed E-state index contributed by atoms with van der Waals surface area (Å²) in [4.78, 5) is 17.4. The number of nitrogens with one attached hydrogen (secondary N) is 1. The van der Waals surface area contributed by atoms with E-state index in [1.54, 1.807) is 23.2 Å². The molecular formula is C25H34N6O3S. The third-order valence-electron chi connectivity index (χ3n) is 6.49. The van der Waals surface area contributed by atoms with E-state index in [4.69, 9.17) is 5.10 Å². The molecule has 0 unspecified atom stereocenters. The highest BCUT2D eigenvalue weighted by Crippen LogP contribution is 2.29. The molecule has 9 nitrogen and oxygen atoms in total. The number of rotatable bonds is 5. The predicted molar refractivity (Wildman–Crippen MR) is 135 cm³/mol. The van der Waals surface area contributed by atoms with Gasteiger partial charge < -0.3 is 9.88 Å². The van der Waals surface area contributed by atoms with E-state index in [9.17, 15) is 13.2 Å². The van der Waals surface area contributed by atoms with Crippen molar-refractivity contribution in [3.05, 3.63) is 53.6 Å². The van der Waals surface area contributed by atoms with Gasteiger partial charge in [-0.2, -0.15) is 9.40 Å². The van der Waals surface area contributed by atoms with E-state index in [2.05, 4.69) is 31.1 Å². The zero-order valence-corrected chi connectivity index (χ0v) is 22.1. The minimum Gasteiger partial charge on any atom is -0.337 e. The number of hydrogen-bond donors (Lipinski definition) is 1. The summed E-state index contributed by atoms with van der Waals surface area (Å²) in [5.74, 6) is 0.845. The van der Waals surface area contributed by atoms with Crippen molar-refractivity contribution in [3.8, 4) is 5.69 Å². The van der Waals surface area contributed by atoms with E-state index in [-0.39, 0.29) is 35.4 Å². The van der Waals surface area contributed by atoms with E-state index in [0.717, 1.165) is 16.9 Å². The third-order valence-corrected chi connectivity index (χ3v) is 8.26. The first-order valence-corrected chi connectivity index (χ1v) is 13.3. The van der Waals surface area contributed by atoms with Crippen LogP contribution in [0.3, 0.4) is 0 Å². The molecular weight excluding hydrogens is 464 g/mol. The summed E-state index contributed by atoms with van der Waals surface area (Å²) in [5.41, 5.74) is 2.67.